The van der Waals surface area contributed by atoms with Crippen molar-refractivity contribution in [1.29, 1.82) is 0 Å². The summed E-state index contributed by atoms with van der Waals surface area (Å²) < 4.78 is 5.42. The Bertz CT molecular complexity index is 987. The van der Waals surface area contributed by atoms with Crippen LogP contribution in [-0.4, -0.2) is 55.9 Å². The Labute approximate surface area is 185 Å². The molecule has 1 aromatic rings. The van der Waals surface area contributed by atoms with Gasteiger partial charge in [-0.25, -0.2) is 4.79 Å². The molecule has 6 atom stereocenters. The number of benzene rings is 1. The largest absolute Gasteiger partial charge is 0.507 e. The molecule has 2 fully saturated rings. The van der Waals surface area contributed by atoms with Crippen molar-refractivity contribution in [3.63, 3.8) is 0 Å². The highest BCUT2D eigenvalue weighted by Gasteiger charge is 2.73. The molecule has 4 rings (SSSR count). The van der Waals surface area contributed by atoms with Gasteiger partial charge in [0.05, 0.1) is 17.2 Å². The number of rotatable bonds is 3. The van der Waals surface area contributed by atoms with Crippen molar-refractivity contribution in [3.05, 3.63) is 33.9 Å². The van der Waals surface area contributed by atoms with E-state index in [9.17, 15) is 30.3 Å². The van der Waals surface area contributed by atoms with E-state index in [4.69, 9.17) is 16.3 Å². The Hall–Kier alpha value is -1.80. The maximum absolute atomic E-state index is 12.7. The van der Waals surface area contributed by atoms with Gasteiger partial charge < -0.3 is 30.3 Å². The van der Waals surface area contributed by atoms with Gasteiger partial charge in [-0.2, -0.15) is 0 Å². The van der Waals surface area contributed by atoms with Gasteiger partial charge in [-0.05, 0) is 42.2 Å². The van der Waals surface area contributed by atoms with Crippen LogP contribution in [0.1, 0.15) is 49.5 Å². The number of aliphatic hydroxyl groups is 3. The van der Waals surface area contributed by atoms with Crippen LogP contribution in [0.4, 0.5) is 0 Å². The standard InChI is InChI=1S/C23H29ClO7/c1-10-16(13(25)6-14(26)18(10)24)20(29)31-9-12-5-11-7-21(2,3)19(28)17(11)22(4)8-15(27)23(12,22)30/h5-6,11,15,17,19,25-28,30H,7-9H2,1-4H3. The number of ether oxygens (including phenoxy) is 1. The molecule has 0 radical (unpaired) electrons. The van der Waals surface area contributed by atoms with E-state index < -0.39 is 34.9 Å². The lowest BCUT2D eigenvalue weighted by Crippen LogP contribution is -2.73. The monoisotopic (exact) mass is 452 g/mol. The zero-order valence-corrected chi connectivity index (χ0v) is 18.8. The third kappa shape index (κ3) is 2.86. The normalized spacial score (nSPS) is 38.0. The summed E-state index contributed by atoms with van der Waals surface area (Å²) in [7, 11) is 0. The molecular weight excluding hydrogens is 424 g/mol. The Morgan fingerprint density at radius 1 is 1.19 bits per heavy atom. The van der Waals surface area contributed by atoms with Crippen LogP contribution in [0.15, 0.2) is 17.7 Å². The van der Waals surface area contributed by atoms with E-state index >= 15 is 0 Å². The molecule has 6 unspecified atom stereocenters. The predicted octanol–water partition coefficient (Wildman–Crippen LogP) is 2.68. The van der Waals surface area contributed by atoms with Crippen LogP contribution >= 0.6 is 11.6 Å². The first kappa shape index (κ1) is 22.4. The van der Waals surface area contributed by atoms with Crippen molar-refractivity contribution in [2.45, 2.75) is 58.3 Å². The average Bonchev–Trinajstić information content (AvgIpc) is 2.90. The van der Waals surface area contributed by atoms with Crippen molar-refractivity contribution in [1.82, 2.24) is 0 Å². The highest BCUT2D eigenvalue weighted by atomic mass is 35.5. The number of allylic oxidation sites excluding steroid dienone is 1. The SMILES string of the molecule is Cc1c(Cl)c(O)cc(O)c1C(=O)OCC1=CC2CC(C)(C)C(O)C2C2(C)CC(O)C12O. The van der Waals surface area contributed by atoms with Crippen molar-refractivity contribution in [3.8, 4) is 11.5 Å². The molecule has 7 nitrogen and oxygen atoms in total. The highest BCUT2D eigenvalue weighted by Crippen LogP contribution is 2.68. The number of carbonyl (C=O) groups excluding carboxylic acids is 1. The van der Waals surface area contributed by atoms with Gasteiger partial charge in [0.15, 0.2) is 0 Å². The van der Waals surface area contributed by atoms with E-state index in [1.807, 2.05) is 26.8 Å². The van der Waals surface area contributed by atoms with Gasteiger partial charge in [0, 0.05) is 17.4 Å². The summed E-state index contributed by atoms with van der Waals surface area (Å²) in [4.78, 5) is 12.7. The summed E-state index contributed by atoms with van der Waals surface area (Å²) in [5, 5.41) is 52.7. The van der Waals surface area contributed by atoms with Gasteiger partial charge in [0.1, 0.15) is 29.3 Å². The molecule has 0 amide bonds. The first-order chi connectivity index (χ1) is 14.3. The lowest BCUT2D eigenvalue weighted by Gasteiger charge is -2.65. The molecular formula is C23H29ClO7. The summed E-state index contributed by atoms with van der Waals surface area (Å²) in [5.41, 5.74) is -2.29. The zero-order valence-electron chi connectivity index (χ0n) is 18.0. The fraction of sp³-hybridized carbons (Fsp3) is 0.609. The van der Waals surface area contributed by atoms with Gasteiger partial charge in [0.2, 0.25) is 0 Å². The Morgan fingerprint density at radius 2 is 1.84 bits per heavy atom. The van der Waals surface area contributed by atoms with Crippen LogP contribution in [0.3, 0.4) is 0 Å². The fourth-order valence-electron chi connectivity index (χ4n) is 6.26. The third-order valence-electron chi connectivity index (χ3n) is 8.00. The molecule has 0 spiro atoms. The van der Waals surface area contributed by atoms with Gasteiger partial charge in [-0.1, -0.05) is 38.4 Å². The van der Waals surface area contributed by atoms with E-state index in [1.54, 1.807) is 0 Å². The van der Waals surface area contributed by atoms with Gasteiger partial charge in [-0.3, -0.25) is 0 Å². The topological polar surface area (TPSA) is 127 Å². The quantitative estimate of drug-likeness (QED) is 0.352. The number of fused-ring (bicyclic) bond motifs is 3. The average molecular weight is 453 g/mol. The minimum atomic E-state index is -1.61. The van der Waals surface area contributed by atoms with Crippen LogP contribution in [0, 0.1) is 29.6 Å². The predicted molar refractivity (Wildman–Crippen MR) is 113 cm³/mol. The summed E-state index contributed by atoms with van der Waals surface area (Å²) in [6, 6.07) is 0.971. The van der Waals surface area contributed by atoms with Crippen LogP contribution in [0.5, 0.6) is 11.5 Å². The molecule has 0 heterocycles. The van der Waals surface area contributed by atoms with Gasteiger partial charge in [-0.15, -0.1) is 0 Å². The van der Waals surface area contributed by atoms with E-state index in [2.05, 4.69) is 0 Å². The van der Waals surface area contributed by atoms with Crippen molar-refractivity contribution >= 4 is 17.6 Å². The zero-order chi connectivity index (χ0) is 23.1. The van der Waals surface area contributed by atoms with Crippen molar-refractivity contribution in [2.24, 2.45) is 22.7 Å². The Morgan fingerprint density at radius 3 is 2.45 bits per heavy atom. The summed E-state index contributed by atoms with van der Waals surface area (Å²) in [6.07, 6.45) is 1.23. The number of aliphatic hydroxyl groups excluding tert-OH is 2. The maximum Gasteiger partial charge on any atom is 0.342 e. The number of carbonyl (C=O) groups is 1. The third-order valence-corrected chi connectivity index (χ3v) is 8.47. The maximum atomic E-state index is 12.7. The first-order valence-electron chi connectivity index (χ1n) is 10.4. The van der Waals surface area contributed by atoms with Crippen LogP contribution in [0.2, 0.25) is 5.02 Å². The first-order valence-corrected chi connectivity index (χ1v) is 10.8. The molecule has 2 saturated carbocycles. The summed E-state index contributed by atoms with van der Waals surface area (Å²) >= 11 is 5.98. The molecule has 3 aliphatic carbocycles. The summed E-state index contributed by atoms with van der Waals surface area (Å²) in [6.45, 7) is 7.04. The second-order valence-electron chi connectivity index (χ2n) is 10.2. The number of aromatic hydroxyl groups is 2. The highest BCUT2D eigenvalue weighted by molar-refractivity contribution is 6.33. The molecule has 1 aromatic carbocycles. The number of esters is 1. The van der Waals surface area contributed by atoms with Crippen molar-refractivity contribution < 1.29 is 35.1 Å². The molecule has 0 aromatic heterocycles. The molecule has 0 bridgehead atoms. The number of hydrogen-bond acceptors (Lipinski definition) is 7. The molecule has 3 aliphatic rings. The van der Waals surface area contributed by atoms with Crippen LogP contribution in [0.25, 0.3) is 0 Å². The van der Waals surface area contributed by atoms with Crippen LogP contribution < -0.4 is 0 Å². The van der Waals surface area contributed by atoms with E-state index in [1.165, 1.54) is 6.92 Å². The minimum absolute atomic E-state index is 0.0188. The molecule has 0 saturated heterocycles. The summed E-state index contributed by atoms with van der Waals surface area (Å²) in [5.74, 6) is -1.90. The van der Waals surface area contributed by atoms with E-state index in [0.717, 1.165) is 6.07 Å². The smallest absolute Gasteiger partial charge is 0.342 e. The second-order valence-corrected chi connectivity index (χ2v) is 10.6. The van der Waals surface area contributed by atoms with E-state index in [0.29, 0.717) is 18.4 Å². The minimum Gasteiger partial charge on any atom is -0.507 e. The number of phenols is 2. The lowest BCUT2D eigenvalue weighted by atomic mass is 9.44. The molecule has 170 valence electrons. The van der Waals surface area contributed by atoms with Crippen LogP contribution in [-0.2, 0) is 4.74 Å². The number of halogens is 1. The number of hydrogen-bond donors (Lipinski definition) is 5. The molecule has 8 heteroatoms. The van der Waals surface area contributed by atoms with Gasteiger partial charge in [0.25, 0.3) is 0 Å². The Kier molecular flexibility index (Phi) is 4.95. The van der Waals surface area contributed by atoms with Gasteiger partial charge >= 0.3 is 5.97 Å². The molecule has 0 aliphatic heterocycles. The number of phenolic OH excluding ortho intramolecular Hbond substituents is 2. The lowest BCUT2D eigenvalue weighted by molar-refractivity contribution is -0.261. The Balaban J connectivity index is 1.64. The molecule has 5 N–H and O–H groups in total. The fourth-order valence-corrected chi connectivity index (χ4v) is 6.41. The van der Waals surface area contributed by atoms with Crippen molar-refractivity contribution in [2.75, 3.05) is 6.61 Å². The second kappa shape index (κ2) is 6.85. The van der Waals surface area contributed by atoms with E-state index in [-0.39, 0.29) is 45.8 Å². The molecule has 31 heavy (non-hydrogen) atoms.